The summed E-state index contributed by atoms with van der Waals surface area (Å²) in [6.45, 7) is 10.2. The Balaban J connectivity index is 1.87. The number of hydrogen-bond donors (Lipinski definition) is 0. The number of benzene rings is 1. The maximum atomic E-state index is 12.8. The monoisotopic (exact) mass is 416 g/mol. The number of methoxy groups -OCH3 is 2. The molecule has 1 aromatic rings. The van der Waals surface area contributed by atoms with Crippen LogP contribution < -0.4 is 0 Å². The van der Waals surface area contributed by atoms with E-state index in [1.165, 1.54) is 0 Å². The van der Waals surface area contributed by atoms with Gasteiger partial charge in [-0.2, -0.15) is 0 Å². The average molecular weight is 416 g/mol. The topological polar surface area (TPSA) is 63.2 Å². The number of carbonyl (C=O) groups is 1. The molecule has 1 saturated heterocycles. The van der Waals surface area contributed by atoms with E-state index in [0.717, 1.165) is 5.47 Å². The minimum atomic E-state index is -0.567. The highest BCUT2D eigenvalue weighted by atomic mass is 16.7. The van der Waals surface area contributed by atoms with Crippen LogP contribution in [0.4, 0.5) is 0 Å². The molecule has 6 nitrogen and oxygen atoms in total. The lowest BCUT2D eigenvalue weighted by molar-refractivity contribution is -0.130. The molecule has 1 heterocycles. The molecular formula is C23H33BO6. The zero-order chi connectivity index (χ0) is 22.2. The van der Waals surface area contributed by atoms with Gasteiger partial charge in [0.15, 0.2) is 6.29 Å². The van der Waals surface area contributed by atoms with Crippen LogP contribution in [0.25, 0.3) is 0 Å². The van der Waals surface area contributed by atoms with Gasteiger partial charge in [-0.25, -0.2) is 4.79 Å². The molecule has 0 amide bonds. The van der Waals surface area contributed by atoms with E-state index in [4.69, 9.17) is 23.5 Å². The van der Waals surface area contributed by atoms with Crippen molar-refractivity contribution in [1.29, 1.82) is 0 Å². The second-order valence-electron chi connectivity index (χ2n) is 9.27. The highest BCUT2D eigenvalue weighted by Gasteiger charge is 2.58. The van der Waals surface area contributed by atoms with Gasteiger partial charge >= 0.3 is 13.1 Å². The van der Waals surface area contributed by atoms with Crippen molar-refractivity contribution in [3.05, 3.63) is 47.4 Å². The van der Waals surface area contributed by atoms with Crippen molar-refractivity contribution < 1.29 is 28.3 Å². The molecule has 0 radical (unpaired) electrons. The fourth-order valence-corrected chi connectivity index (χ4v) is 4.06. The highest BCUT2D eigenvalue weighted by molar-refractivity contribution is 6.55. The molecular weight excluding hydrogens is 383 g/mol. The number of rotatable bonds is 7. The van der Waals surface area contributed by atoms with Crippen LogP contribution >= 0.6 is 0 Å². The van der Waals surface area contributed by atoms with Crippen LogP contribution in [-0.2, 0) is 23.5 Å². The second-order valence-corrected chi connectivity index (χ2v) is 9.27. The summed E-state index contributed by atoms with van der Waals surface area (Å²) >= 11 is 0. The van der Waals surface area contributed by atoms with Crippen molar-refractivity contribution in [2.45, 2.75) is 71.1 Å². The molecule has 0 unspecified atom stereocenters. The summed E-state index contributed by atoms with van der Waals surface area (Å²) in [4.78, 5) is 12.8. The molecule has 0 N–H and O–H groups in total. The Labute approximate surface area is 180 Å². The number of carbonyl (C=O) groups excluding carboxylic acids is 1. The van der Waals surface area contributed by atoms with Gasteiger partial charge in [0.1, 0.15) is 6.10 Å². The largest absolute Gasteiger partial charge is 0.490 e. The molecule has 1 aliphatic heterocycles. The van der Waals surface area contributed by atoms with Crippen molar-refractivity contribution >= 4 is 13.1 Å². The van der Waals surface area contributed by atoms with E-state index in [2.05, 4.69) is 13.0 Å². The normalized spacial score (nSPS) is 27.4. The minimum Gasteiger partial charge on any atom is -0.458 e. The van der Waals surface area contributed by atoms with Gasteiger partial charge in [-0.05, 0) is 45.3 Å². The Morgan fingerprint density at radius 2 is 1.63 bits per heavy atom. The zero-order valence-corrected chi connectivity index (χ0v) is 19.1. The van der Waals surface area contributed by atoms with E-state index in [-0.39, 0.29) is 12.1 Å². The lowest BCUT2D eigenvalue weighted by Gasteiger charge is -2.37. The van der Waals surface area contributed by atoms with Crippen LogP contribution in [0, 0.1) is 5.41 Å². The van der Waals surface area contributed by atoms with Gasteiger partial charge in [-0.15, -0.1) is 0 Å². The maximum absolute atomic E-state index is 12.8. The first-order valence-corrected chi connectivity index (χ1v) is 10.4. The first kappa shape index (κ1) is 23.0. The molecule has 2 aliphatic rings. The van der Waals surface area contributed by atoms with E-state index < -0.39 is 30.0 Å². The smallest absolute Gasteiger partial charge is 0.458 e. The van der Waals surface area contributed by atoms with Gasteiger partial charge in [-0.1, -0.05) is 31.2 Å². The van der Waals surface area contributed by atoms with Crippen LogP contribution in [-0.4, -0.2) is 50.9 Å². The average Bonchev–Trinajstić information content (AvgIpc) is 3.12. The first-order valence-electron chi connectivity index (χ1n) is 10.4. The maximum Gasteiger partial charge on any atom is 0.490 e. The zero-order valence-electron chi connectivity index (χ0n) is 19.1. The van der Waals surface area contributed by atoms with Crippen molar-refractivity contribution in [1.82, 2.24) is 0 Å². The SMILES string of the molecule is COC(C[C@@]1(C)C(B2OC(C)(C)C(C)(C)O2)=CC[C@H]1OC(=O)c1ccccc1)OC. The Morgan fingerprint density at radius 1 is 1.07 bits per heavy atom. The van der Waals surface area contributed by atoms with Gasteiger partial charge < -0.3 is 23.5 Å². The summed E-state index contributed by atoms with van der Waals surface area (Å²) < 4.78 is 29.6. The molecule has 7 heteroatoms. The van der Waals surface area contributed by atoms with Crippen LogP contribution in [0.15, 0.2) is 41.9 Å². The molecule has 1 aliphatic carbocycles. The third kappa shape index (κ3) is 4.21. The summed E-state index contributed by atoms with van der Waals surface area (Å²) in [7, 11) is 2.69. The lowest BCUT2D eigenvalue weighted by Crippen LogP contribution is -2.42. The molecule has 30 heavy (non-hydrogen) atoms. The Bertz CT molecular complexity index is 770. The van der Waals surface area contributed by atoms with Crippen LogP contribution in [0.3, 0.4) is 0 Å². The summed E-state index contributed by atoms with van der Waals surface area (Å²) in [5.41, 5.74) is 0.00724. The van der Waals surface area contributed by atoms with E-state index in [1.54, 1.807) is 26.4 Å². The van der Waals surface area contributed by atoms with Crippen molar-refractivity contribution in [3.8, 4) is 0 Å². The highest BCUT2D eigenvalue weighted by Crippen LogP contribution is 2.50. The molecule has 3 rings (SSSR count). The molecule has 0 saturated carbocycles. The number of esters is 1. The molecule has 2 atom stereocenters. The Morgan fingerprint density at radius 3 is 2.17 bits per heavy atom. The molecule has 0 aromatic heterocycles. The van der Waals surface area contributed by atoms with Crippen LogP contribution in [0.5, 0.6) is 0 Å². The molecule has 1 fully saturated rings. The van der Waals surface area contributed by atoms with Crippen LogP contribution in [0.2, 0.25) is 0 Å². The quantitative estimate of drug-likeness (QED) is 0.377. The molecule has 0 bridgehead atoms. The molecule has 164 valence electrons. The summed E-state index contributed by atoms with van der Waals surface area (Å²) in [5.74, 6) is -0.346. The summed E-state index contributed by atoms with van der Waals surface area (Å²) in [5, 5.41) is 0. The predicted octanol–water partition coefficient (Wildman–Crippen LogP) is 4.19. The Hall–Kier alpha value is -1.67. The van der Waals surface area contributed by atoms with Gasteiger partial charge in [-0.3, -0.25) is 0 Å². The van der Waals surface area contributed by atoms with Gasteiger partial charge in [0.25, 0.3) is 0 Å². The van der Waals surface area contributed by atoms with Crippen molar-refractivity contribution in [2.75, 3.05) is 14.2 Å². The van der Waals surface area contributed by atoms with E-state index in [1.807, 2.05) is 45.9 Å². The standard InChI is InChI=1S/C23H33BO6/c1-21(2)22(3,4)30-24(29-21)17-13-14-18(23(17,5)15-19(26-6)27-7)28-20(25)16-11-9-8-10-12-16/h8-13,18-19H,14-15H2,1-7H3/t18-,23+/m1/s1. The molecule has 1 aromatic carbocycles. The van der Waals surface area contributed by atoms with Gasteiger partial charge in [0.2, 0.25) is 0 Å². The molecule has 0 spiro atoms. The van der Waals surface area contributed by atoms with Crippen molar-refractivity contribution in [3.63, 3.8) is 0 Å². The van der Waals surface area contributed by atoms with E-state index in [9.17, 15) is 4.79 Å². The second kappa shape index (κ2) is 8.46. The van der Waals surface area contributed by atoms with Crippen molar-refractivity contribution in [2.24, 2.45) is 5.41 Å². The predicted molar refractivity (Wildman–Crippen MR) is 115 cm³/mol. The first-order chi connectivity index (χ1) is 14.0. The summed E-state index contributed by atoms with van der Waals surface area (Å²) in [6.07, 6.45) is 2.33. The number of hydrogen-bond acceptors (Lipinski definition) is 6. The number of ether oxygens (including phenoxy) is 3. The van der Waals surface area contributed by atoms with Crippen LogP contribution in [0.1, 0.15) is 57.8 Å². The third-order valence-corrected chi connectivity index (χ3v) is 6.80. The van der Waals surface area contributed by atoms with Gasteiger partial charge in [0.05, 0.1) is 16.8 Å². The lowest BCUT2D eigenvalue weighted by atomic mass is 9.62. The fourth-order valence-electron chi connectivity index (χ4n) is 4.06. The van der Waals surface area contributed by atoms with Gasteiger partial charge in [0, 0.05) is 32.5 Å². The van der Waals surface area contributed by atoms with E-state index in [0.29, 0.717) is 18.4 Å². The fraction of sp³-hybridized carbons (Fsp3) is 0.609. The van der Waals surface area contributed by atoms with E-state index >= 15 is 0 Å². The summed E-state index contributed by atoms with van der Waals surface area (Å²) in [6, 6.07) is 9.03. The third-order valence-electron chi connectivity index (χ3n) is 6.80. The Kier molecular flexibility index (Phi) is 6.49. The minimum absolute atomic E-state index is 0.346.